The average molecular weight is 277 g/mol. The molecule has 0 bridgehead atoms. The fourth-order valence-corrected chi connectivity index (χ4v) is 2.65. The number of aliphatic carboxylic acids is 1. The highest BCUT2D eigenvalue weighted by molar-refractivity contribution is 6.00. The number of amides is 1. The molecule has 5 heteroatoms. The standard InChI is InChI=1S/C15H19NO4/c1-10-5-6-12(20-2)11(9-10)13(17)16-15(14(18)19)7-3-4-8-15/h5-6,9H,3-4,7-8H2,1-2H3,(H,16,17)(H,18,19). The van der Waals surface area contributed by atoms with E-state index in [0.717, 1.165) is 18.4 Å². The Labute approximate surface area is 117 Å². The van der Waals surface area contributed by atoms with Crippen molar-refractivity contribution >= 4 is 11.9 Å². The Morgan fingerprint density at radius 2 is 1.95 bits per heavy atom. The summed E-state index contributed by atoms with van der Waals surface area (Å²) in [5.41, 5.74) is 0.165. The van der Waals surface area contributed by atoms with Gasteiger partial charge in [0.1, 0.15) is 11.3 Å². The molecule has 0 unspecified atom stereocenters. The van der Waals surface area contributed by atoms with Crippen LogP contribution in [0, 0.1) is 6.92 Å². The van der Waals surface area contributed by atoms with Crippen LogP contribution in [0.15, 0.2) is 18.2 Å². The zero-order valence-corrected chi connectivity index (χ0v) is 11.7. The number of carbonyl (C=O) groups excluding carboxylic acids is 1. The molecule has 2 rings (SSSR count). The van der Waals surface area contributed by atoms with Crippen molar-refractivity contribution in [1.29, 1.82) is 0 Å². The number of hydrogen-bond acceptors (Lipinski definition) is 3. The van der Waals surface area contributed by atoms with Crippen molar-refractivity contribution in [2.24, 2.45) is 0 Å². The molecule has 0 atom stereocenters. The molecule has 1 fully saturated rings. The van der Waals surface area contributed by atoms with Crippen molar-refractivity contribution in [3.8, 4) is 5.75 Å². The van der Waals surface area contributed by atoms with E-state index in [9.17, 15) is 14.7 Å². The van der Waals surface area contributed by atoms with E-state index in [-0.39, 0.29) is 0 Å². The summed E-state index contributed by atoms with van der Waals surface area (Å²) in [6.45, 7) is 1.87. The number of carbonyl (C=O) groups is 2. The van der Waals surface area contributed by atoms with Crippen molar-refractivity contribution in [3.05, 3.63) is 29.3 Å². The van der Waals surface area contributed by atoms with Gasteiger partial charge in [0.25, 0.3) is 5.91 Å². The summed E-state index contributed by atoms with van der Waals surface area (Å²) >= 11 is 0. The van der Waals surface area contributed by atoms with Crippen molar-refractivity contribution in [2.45, 2.75) is 38.1 Å². The van der Waals surface area contributed by atoms with Crippen LogP contribution in [0.4, 0.5) is 0 Å². The van der Waals surface area contributed by atoms with Crippen molar-refractivity contribution in [3.63, 3.8) is 0 Å². The first kappa shape index (κ1) is 14.4. The highest BCUT2D eigenvalue weighted by Crippen LogP contribution is 2.31. The van der Waals surface area contributed by atoms with Gasteiger partial charge in [-0.2, -0.15) is 0 Å². The summed E-state index contributed by atoms with van der Waals surface area (Å²) < 4.78 is 5.17. The lowest BCUT2D eigenvalue weighted by Gasteiger charge is -2.25. The van der Waals surface area contributed by atoms with Crippen molar-refractivity contribution in [1.82, 2.24) is 5.32 Å². The molecule has 1 aliphatic rings. The minimum absolute atomic E-state index is 0.375. The summed E-state index contributed by atoms with van der Waals surface area (Å²) in [7, 11) is 1.49. The second kappa shape index (κ2) is 5.53. The van der Waals surface area contributed by atoms with Crippen LogP contribution in [0.2, 0.25) is 0 Å². The molecule has 1 amide bonds. The first-order chi connectivity index (χ1) is 9.48. The van der Waals surface area contributed by atoms with Gasteiger partial charge in [0.15, 0.2) is 0 Å². The molecule has 2 N–H and O–H groups in total. The van der Waals surface area contributed by atoms with E-state index < -0.39 is 17.4 Å². The molecular formula is C15H19NO4. The summed E-state index contributed by atoms with van der Waals surface area (Å²) in [6.07, 6.45) is 2.58. The molecule has 1 saturated carbocycles. The topological polar surface area (TPSA) is 75.6 Å². The van der Waals surface area contributed by atoms with Crippen LogP contribution in [-0.4, -0.2) is 29.6 Å². The molecule has 0 aromatic heterocycles. The number of methoxy groups -OCH3 is 1. The van der Waals surface area contributed by atoms with E-state index in [1.807, 2.05) is 13.0 Å². The monoisotopic (exact) mass is 277 g/mol. The highest BCUT2D eigenvalue weighted by Gasteiger charge is 2.43. The predicted octanol–water partition coefficient (Wildman–Crippen LogP) is 2.13. The summed E-state index contributed by atoms with van der Waals surface area (Å²) in [4.78, 5) is 23.9. The van der Waals surface area contributed by atoms with Gasteiger partial charge in [-0.25, -0.2) is 4.79 Å². The Hall–Kier alpha value is -2.04. The Morgan fingerprint density at radius 1 is 1.30 bits per heavy atom. The Morgan fingerprint density at radius 3 is 2.50 bits per heavy atom. The normalized spacial score (nSPS) is 16.7. The molecule has 0 aliphatic heterocycles. The molecule has 1 aliphatic carbocycles. The number of ether oxygens (including phenoxy) is 1. The lowest BCUT2D eigenvalue weighted by Crippen LogP contribution is -2.52. The third-order valence-corrected chi connectivity index (χ3v) is 3.82. The molecule has 0 saturated heterocycles. The maximum atomic E-state index is 12.4. The van der Waals surface area contributed by atoms with Crippen molar-refractivity contribution < 1.29 is 19.4 Å². The van der Waals surface area contributed by atoms with Crippen LogP contribution in [0.5, 0.6) is 5.75 Å². The number of nitrogens with one attached hydrogen (secondary N) is 1. The fourth-order valence-electron chi connectivity index (χ4n) is 2.65. The molecule has 1 aromatic rings. The average Bonchev–Trinajstić information content (AvgIpc) is 2.88. The van der Waals surface area contributed by atoms with Gasteiger partial charge in [-0.05, 0) is 31.9 Å². The van der Waals surface area contributed by atoms with E-state index in [4.69, 9.17) is 4.74 Å². The molecule has 5 nitrogen and oxygen atoms in total. The molecule has 20 heavy (non-hydrogen) atoms. The first-order valence-electron chi connectivity index (χ1n) is 6.69. The Bertz CT molecular complexity index is 533. The smallest absolute Gasteiger partial charge is 0.329 e. The number of aryl methyl sites for hydroxylation is 1. The predicted molar refractivity (Wildman–Crippen MR) is 74.0 cm³/mol. The van der Waals surface area contributed by atoms with E-state index >= 15 is 0 Å². The van der Waals surface area contributed by atoms with Gasteiger partial charge in [0, 0.05) is 0 Å². The fraction of sp³-hybridized carbons (Fsp3) is 0.467. The van der Waals surface area contributed by atoms with Gasteiger partial charge < -0.3 is 15.2 Å². The number of hydrogen-bond donors (Lipinski definition) is 2. The zero-order chi connectivity index (χ0) is 14.8. The van der Waals surface area contributed by atoms with Crippen LogP contribution in [0.3, 0.4) is 0 Å². The minimum atomic E-state index is -1.13. The Kier molecular flexibility index (Phi) is 3.97. The van der Waals surface area contributed by atoms with Crippen molar-refractivity contribution in [2.75, 3.05) is 7.11 Å². The van der Waals surface area contributed by atoms with E-state index in [2.05, 4.69) is 5.32 Å². The summed E-state index contributed by atoms with van der Waals surface area (Å²) in [5.74, 6) is -0.906. The summed E-state index contributed by atoms with van der Waals surface area (Å²) in [5, 5.41) is 12.1. The molecule has 108 valence electrons. The molecule has 0 heterocycles. The van der Waals surface area contributed by atoms with Crippen LogP contribution >= 0.6 is 0 Å². The van der Waals surface area contributed by atoms with Gasteiger partial charge in [-0.1, -0.05) is 24.5 Å². The third-order valence-electron chi connectivity index (χ3n) is 3.82. The number of rotatable bonds is 4. The highest BCUT2D eigenvalue weighted by atomic mass is 16.5. The van der Waals surface area contributed by atoms with E-state index in [0.29, 0.717) is 24.2 Å². The maximum absolute atomic E-state index is 12.4. The first-order valence-corrected chi connectivity index (χ1v) is 6.69. The summed E-state index contributed by atoms with van der Waals surface area (Å²) in [6, 6.07) is 5.27. The second-order valence-corrected chi connectivity index (χ2v) is 5.25. The molecular weight excluding hydrogens is 258 g/mol. The number of carboxylic acid groups (broad SMARTS) is 1. The SMILES string of the molecule is COc1ccc(C)cc1C(=O)NC1(C(=O)O)CCCC1. The van der Waals surface area contributed by atoms with E-state index in [1.165, 1.54) is 7.11 Å². The zero-order valence-electron chi connectivity index (χ0n) is 11.7. The largest absolute Gasteiger partial charge is 0.496 e. The Balaban J connectivity index is 2.28. The lowest BCUT2D eigenvalue weighted by molar-refractivity contribution is -0.144. The van der Waals surface area contributed by atoms with Gasteiger partial charge >= 0.3 is 5.97 Å². The molecule has 0 spiro atoms. The molecule has 1 aromatic carbocycles. The quantitative estimate of drug-likeness (QED) is 0.884. The third kappa shape index (κ3) is 2.61. The maximum Gasteiger partial charge on any atom is 0.329 e. The van der Waals surface area contributed by atoms with Crippen LogP contribution in [0.25, 0.3) is 0 Å². The minimum Gasteiger partial charge on any atom is -0.496 e. The van der Waals surface area contributed by atoms with Crippen LogP contribution in [0.1, 0.15) is 41.6 Å². The van der Waals surface area contributed by atoms with Crippen LogP contribution < -0.4 is 10.1 Å². The van der Waals surface area contributed by atoms with Gasteiger partial charge in [-0.3, -0.25) is 4.79 Å². The van der Waals surface area contributed by atoms with Crippen LogP contribution in [-0.2, 0) is 4.79 Å². The van der Waals surface area contributed by atoms with Gasteiger partial charge in [-0.15, -0.1) is 0 Å². The molecule has 0 radical (unpaired) electrons. The number of carboxylic acids is 1. The van der Waals surface area contributed by atoms with Gasteiger partial charge in [0.2, 0.25) is 0 Å². The lowest BCUT2D eigenvalue weighted by atomic mass is 9.97. The van der Waals surface area contributed by atoms with E-state index in [1.54, 1.807) is 12.1 Å². The number of benzene rings is 1. The van der Waals surface area contributed by atoms with Gasteiger partial charge in [0.05, 0.1) is 12.7 Å². The second-order valence-electron chi connectivity index (χ2n) is 5.25.